The van der Waals surface area contributed by atoms with Crippen LogP contribution in [-0.4, -0.2) is 43.3 Å². The average molecular weight is 254 g/mol. The third-order valence-electron chi connectivity index (χ3n) is 5.10. The molecular formula is C15H30N2O. The Labute approximate surface area is 112 Å². The first kappa shape index (κ1) is 14.3. The molecule has 1 saturated heterocycles. The molecule has 1 aliphatic carbocycles. The highest BCUT2D eigenvalue weighted by molar-refractivity contribution is 4.95. The Hall–Kier alpha value is -0.120. The Morgan fingerprint density at radius 1 is 1.28 bits per heavy atom. The number of piperidine rings is 1. The van der Waals surface area contributed by atoms with Gasteiger partial charge >= 0.3 is 0 Å². The predicted molar refractivity (Wildman–Crippen MR) is 75.5 cm³/mol. The molecular weight excluding hydrogens is 224 g/mol. The molecule has 0 amide bonds. The molecule has 2 rings (SSSR count). The molecule has 0 aromatic heterocycles. The van der Waals surface area contributed by atoms with Crippen LogP contribution in [0.3, 0.4) is 0 Å². The van der Waals surface area contributed by atoms with Crippen LogP contribution in [0.5, 0.6) is 0 Å². The van der Waals surface area contributed by atoms with Crippen molar-refractivity contribution in [3.05, 3.63) is 0 Å². The molecule has 2 aliphatic rings. The Morgan fingerprint density at radius 3 is 2.67 bits per heavy atom. The van der Waals surface area contributed by atoms with E-state index in [2.05, 4.69) is 25.7 Å². The summed E-state index contributed by atoms with van der Waals surface area (Å²) in [6.07, 6.45) is 5.29. The fourth-order valence-electron chi connectivity index (χ4n) is 3.64. The van der Waals surface area contributed by atoms with E-state index in [1.807, 2.05) is 7.11 Å². The lowest BCUT2D eigenvalue weighted by molar-refractivity contribution is -0.0367. The highest BCUT2D eigenvalue weighted by atomic mass is 16.5. The van der Waals surface area contributed by atoms with Crippen LogP contribution in [0.15, 0.2) is 0 Å². The summed E-state index contributed by atoms with van der Waals surface area (Å²) in [4.78, 5) is 2.60. The summed E-state index contributed by atoms with van der Waals surface area (Å²) in [5, 5.41) is 0. The van der Waals surface area contributed by atoms with Crippen molar-refractivity contribution < 1.29 is 4.74 Å². The van der Waals surface area contributed by atoms with Crippen LogP contribution < -0.4 is 5.73 Å². The standard InChI is InChI=1S/C15H30N2O/c1-11-6-8-17(10-14(11)18-4)13-9-15(2,3)7-5-12(13)16/h11-14H,5-10,16H2,1-4H3. The monoisotopic (exact) mass is 254 g/mol. The molecule has 106 valence electrons. The third kappa shape index (κ3) is 3.06. The van der Waals surface area contributed by atoms with Crippen molar-refractivity contribution in [3.63, 3.8) is 0 Å². The minimum Gasteiger partial charge on any atom is -0.380 e. The number of ether oxygens (including phenoxy) is 1. The van der Waals surface area contributed by atoms with E-state index >= 15 is 0 Å². The smallest absolute Gasteiger partial charge is 0.0724 e. The summed E-state index contributed by atoms with van der Waals surface area (Å²) in [6, 6.07) is 0.905. The molecule has 1 aliphatic heterocycles. The summed E-state index contributed by atoms with van der Waals surface area (Å²) < 4.78 is 5.63. The van der Waals surface area contributed by atoms with Crippen LogP contribution in [0.4, 0.5) is 0 Å². The number of likely N-dealkylation sites (tertiary alicyclic amines) is 1. The van der Waals surface area contributed by atoms with Crippen molar-refractivity contribution in [1.29, 1.82) is 0 Å². The second-order valence-electron chi connectivity index (χ2n) is 7.17. The Balaban J connectivity index is 2.01. The topological polar surface area (TPSA) is 38.5 Å². The largest absolute Gasteiger partial charge is 0.380 e. The molecule has 2 N–H and O–H groups in total. The molecule has 0 radical (unpaired) electrons. The van der Waals surface area contributed by atoms with Crippen LogP contribution >= 0.6 is 0 Å². The summed E-state index contributed by atoms with van der Waals surface area (Å²) >= 11 is 0. The fraction of sp³-hybridized carbons (Fsp3) is 1.00. The molecule has 3 heteroatoms. The second kappa shape index (κ2) is 5.48. The highest BCUT2D eigenvalue weighted by Crippen LogP contribution is 2.38. The maximum atomic E-state index is 6.37. The minimum absolute atomic E-state index is 0.351. The van der Waals surface area contributed by atoms with Crippen molar-refractivity contribution in [1.82, 2.24) is 4.90 Å². The molecule has 0 aromatic rings. The van der Waals surface area contributed by atoms with Gasteiger partial charge in [-0.1, -0.05) is 20.8 Å². The van der Waals surface area contributed by atoms with Gasteiger partial charge in [-0.3, -0.25) is 4.90 Å². The van der Waals surface area contributed by atoms with E-state index in [1.54, 1.807) is 0 Å². The zero-order chi connectivity index (χ0) is 13.3. The Bertz CT molecular complexity index is 280. The SMILES string of the molecule is COC1CN(C2CC(C)(C)CCC2N)CCC1C. The number of hydrogen-bond acceptors (Lipinski definition) is 3. The van der Waals surface area contributed by atoms with Gasteiger partial charge < -0.3 is 10.5 Å². The van der Waals surface area contributed by atoms with E-state index in [0.29, 0.717) is 29.5 Å². The zero-order valence-corrected chi connectivity index (χ0v) is 12.5. The third-order valence-corrected chi connectivity index (χ3v) is 5.10. The van der Waals surface area contributed by atoms with E-state index in [9.17, 15) is 0 Å². The van der Waals surface area contributed by atoms with Crippen molar-refractivity contribution in [2.45, 2.75) is 64.6 Å². The molecule has 0 spiro atoms. The lowest BCUT2D eigenvalue weighted by Gasteiger charge is -2.48. The molecule has 4 unspecified atom stereocenters. The quantitative estimate of drug-likeness (QED) is 0.821. The van der Waals surface area contributed by atoms with Crippen LogP contribution in [0, 0.1) is 11.3 Å². The highest BCUT2D eigenvalue weighted by Gasteiger charge is 2.39. The molecule has 2 fully saturated rings. The van der Waals surface area contributed by atoms with Gasteiger partial charge in [0, 0.05) is 25.7 Å². The first-order valence-corrected chi connectivity index (χ1v) is 7.45. The van der Waals surface area contributed by atoms with Gasteiger partial charge in [-0.15, -0.1) is 0 Å². The van der Waals surface area contributed by atoms with Crippen LogP contribution in [0.1, 0.15) is 46.5 Å². The van der Waals surface area contributed by atoms with Crippen molar-refractivity contribution in [2.24, 2.45) is 17.1 Å². The van der Waals surface area contributed by atoms with Gasteiger partial charge in [0.15, 0.2) is 0 Å². The van der Waals surface area contributed by atoms with Gasteiger partial charge in [-0.25, -0.2) is 0 Å². The number of rotatable bonds is 2. The van der Waals surface area contributed by atoms with Gasteiger partial charge in [0.1, 0.15) is 0 Å². The summed E-state index contributed by atoms with van der Waals surface area (Å²) in [5.41, 5.74) is 6.82. The summed E-state index contributed by atoms with van der Waals surface area (Å²) in [5.74, 6) is 0.680. The van der Waals surface area contributed by atoms with E-state index in [4.69, 9.17) is 10.5 Å². The minimum atomic E-state index is 0.351. The molecule has 1 heterocycles. The Kier molecular flexibility index (Phi) is 4.35. The number of nitrogens with zero attached hydrogens (tertiary/aromatic N) is 1. The zero-order valence-electron chi connectivity index (χ0n) is 12.5. The van der Waals surface area contributed by atoms with Crippen LogP contribution in [-0.2, 0) is 4.74 Å². The maximum absolute atomic E-state index is 6.37. The van der Waals surface area contributed by atoms with Crippen LogP contribution in [0.25, 0.3) is 0 Å². The number of methoxy groups -OCH3 is 1. The summed E-state index contributed by atoms with van der Waals surface area (Å²) in [7, 11) is 1.84. The average Bonchev–Trinajstić information content (AvgIpc) is 2.33. The molecule has 18 heavy (non-hydrogen) atoms. The molecule has 0 bridgehead atoms. The van der Waals surface area contributed by atoms with Gasteiger partial charge in [0.25, 0.3) is 0 Å². The van der Waals surface area contributed by atoms with E-state index < -0.39 is 0 Å². The van der Waals surface area contributed by atoms with E-state index in [1.165, 1.54) is 32.2 Å². The van der Waals surface area contributed by atoms with E-state index in [0.717, 1.165) is 6.54 Å². The first-order chi connectivity index (χ1) is 8.43. The van der Waals surface area contributed by atoms with Gasteiger partial charge in [0.2, 0.25) is 0 Å². The van der Waals surface area contributed by atoms with Gasteiger partial charge in [0.05, 0.1) is 6.10 Å². The molecule has 4 atom stereocenters. The van der Waals surface area contributed by atoms with Crippen molar-refractivity contribution in [2.75, 3.05) is 20.2 Å². The molecule has 0 aromatic carbocycles. The lowest BCUT2D eigenvalue weighted by atomic mass is 9.72. The lowest BCUT2D eigenvalue weighted by Crippen LogP contribution is -2.57. The van der Waals surface area contributed by atoms with E-state index in [-0.39, 0.29) is 0 Å². The fourth-order valence-corrected chi connectivity index (χ4v) is 3.64. The molecule has 1 saturated carbocycles. The van der Waals surface area contributed by atoms with Gasteiger partial charge in [-0.05, 0) is 43.6 Å². The predicted octanol–water partition coefficient (Wildman–Crippen LogP) is 2.25. The number of hydrogen-bond donors (Lipinski definition) is 1. The Morgan fingerprint density at radius 2 is 2.00 bits per heavy atom. The van der Waals surface area contributed by atoms with Crippen molar-refractivity contribution in [3.8, 4) is 0 Å². The molecule has 3 nitrogen and oxygen atoms in total. The normalized spacial score (nSPS) is 41.8. The maximum Gasteiger partial charge on any atom is 0.0724 e. The number of nitrogens with two attached hydrogens (primary N) is 1. The van der Waals surface area contributed by atoms with Crippen LogP contribution in [0.2, 0.25) is 0 Å². The second-order valence-corrected chi connectivity index (χ2v) is 7.17. The van der Waals surface area contributed by atoms with Crippen molar-refractivity contribution >= 4 is 0 Å². The van der Waals surface area contributed by atoms with Gasteiger partial charge in [-0.2, -0.15) is 0 Å². The first-order valence-electron chi connectivity index (χ1n) is 7.45. The summed E-state index contributed by atoms with van der Waals surface area (Å²) in [6.45, 7) is 9.32.